The third kappa shape index (κ3) is 3.01. The molecular formula is C16H22N6O. The number of nitrogens with zero attached hydrogens (tertiary/aromatic N) is 3. The smallest absolute Gasteiger partial charge is 0.243 e. The summed E-state index contributed by atoms with van der Waals surface area (Å²) in [5, 5.41) is 10.6. The molecule has 1 aliphatic carbocycles. The molecule has 3 heterocycles. The lowest BCUT2D eigenvalue weighted by atomic mass is 10.1. The Kier molecular flexibility index (Phi) is 3.87. The van der Waals surface area contributed by atoms with Gasteiger partial charge in [-0.2, -0.15) is 5.10 Å². The molecule has 1 saturated carbocycles. The van der Waals surface area contributed by atoms with Gasteiger partial charge in [-0.05, 0) is 25.3 Å². The maximum Gasteiger partial charge on any atom is 0.243 e. The summed E-state index contributed by atoms with van der Waals surface area (Å²) < 4.78 is 2.08. The molecule has 0 saturated heterocycles. The highest BCUT2D eigenvalue weighted by molar-refractivity contribution is 5.83. The van der Waals surface area contributed by atoms with Gasteiger partial charge in [-0.3, -0.25) is 9.48 Å². The molecule has 1 fully saturated rings. The number of rotatable bonds is 6. The van der Waals surface area contributed by atoms with Crippen molar-refractivity contribution in [1.29, 1.82) is 0 Å². The topological polar surface area (TPSA) is 87.6 Å². The molecule has 3 N–H and O–H groups in total. The molecule has 4 rings (SSSR count). The Labute approximate surface area is 134 Å². The van der Waals surface area contributed by atoms with Crippen LogP contribution >= 0.6 is 0 Å². The number of hydrogen-bond donors (Lipinski definition) is 3. The molecule has 7 nitrogen and oxygen atoms in total. The Hall–Kier alpha value is -2.15. The Morgan fingerprint density at radius 1 is 1.43 bits per heavy atom. The summed E-state index contributed by atoms with van der Waals surface area (Å²) >= 11 is 0. The molecule has 0 unspecified atom stereocenters. The van der Waals surface area contributed by atoms with Gasteiger partial charge in [0.15, 0.2) is 0 Å². The number of carbonyl (C=O) groups is 1. The molecule has 1 aliphatic heterocycles. The van der Waals surface area contributed by atoms with Gasteiger partial charge in [0, 0.05) is 49.6 Å². The van der Waals surface area contributed by atoms with Crippen molar-refractivity contribution in [2.75, 3.05) is 13.1 Å². The van der Waals surface area contributed by atoms with E-state index in [9.17, 15) is 4.79 Å². The lowest BCUT2D eigenvalue weighted by Gasteiger charge is -2.22. The highest BCUT2D eigenvalue weighted by atomic mass is 16.2. The van der Waals surface area contributed by atoms with Crippen molar-refractivity contribution in [3.63, 3.8) is 0 Å². The Balaban J connectivity index is 1.27. The predicted molar refractivity (Wildman–Crippen MR) is 84.9 cm³/mol. The Morgan fingerprint density at radius 2 is 2.35 bits per heavy atom. The third-order valence-electron chi connectivity index (χ3n) is 4.60. The summed E-state index contributed by atoms with van der Waals surface area (Å²) in [5.74, 6) is 0.706. The molecule has 0 radical (unpaired) electrons. The lowest BCUT2D eigenvalue weighted by Crippen LogP contribution is -2.42. The monoisotopic (exact) mass is 314 g/mol. The van der Waals surface area contributed by atoms with Crippen LogP contribution in [0, 0.1) is 0 Å². The van der Waals surface area contributed by atoms with Crippen LogP contribution in [0.5, 0.6) is 0 Å². The fraction of sp³-hybridized carbons (Fsp3) is 0.562. The minimum absolute atomic E-state index is 0.000863. The van der Waals surface area contributed by atoms with Gasteiger partial charge >= 0.3 is 0 Å². The van der Waals surface area contributed by atoms with E-state index in [1.165, 1.54) is 18.5 Å². The summed E-state index contributed by atoms with van der Waals surface area (Å²) in [5.41, 5.74) is 3.23. The van der Waals surface area contributed by atoms with E-state index in [0.29, 0.717) is 12.5 Å². The zero-order valence-electron chi connectivity index (χ0n) is 13.1. The zero-order chi connectivity index (χ0) is 15.6. The summed E-state index contributed by atoms with van der Waals surface area (Å²) in [4.78, 5) is 19.7. The standard InChI is InChI=1S/C16H22N6O/c23-16(15-14-12(4-7-17-15)19-10-20-14)18-6-1-9-22-13(5-8-21-22)11-2-3-11/h5,8,10-11,15,17H,1-4,6-7,9H2,(H,18,23)(H,19,20)/t15-/m0/s1. The van der Waals surface area contributed by atoms with E-state index in [2.05, 4.69) is 36.4 Å². The second kappa shape index (κ2) is 6.16. The van der Waals surface area contributed by atoms with Gasteiger partial charge in [0.1, 0.15) is 6.04 Å². The molecule has 1 amide bonds. The van der Waals surface area contributed by atoms with E-state index in [4.69, 9.17) is 0 Å². The van der Waals surface area contributed by atoms with Crippen molar-refractivity contribution < 1.29 is 4.79 Å². The molecule has 1 atom stereocenters. The van der Waals surface area contributed by atoms with Crippen molar-refractivity contribution in [3.8, 4) is 0 Å². The van der Waals surface area contributed by atoms with Gasteiger partial charge in [0.2, 0.25) is 5.91 Å². The number of carbonyl (C=O) groups excluding carboxylic acids is 1. The first kappa shape index (κ1) is 14.4. The molecular weight excluding hydrogens is 292 g/mol. The SMILES string of the molecule is O=C(NCCCn1nccc1C1CC1)[C@H]1NCCc2[nH]cnc21. The fourth-order valence-electron chi connectivity index (χ4n) is 3.23. The summed E-state index contributed by atoms with van der Waals surface area (Å²) in [6, 6.07) is 1.78. The van der Waals surface area contributed by atoms with Crippen LogP contribution in [-0.4, -0.2) is 38.7 Å². The molecule has 0 spiro atoms. The van der Waals surface area contributed by atoms with Gasteiger partial charge in [-0.1, -0.05) is 0 Å². The molecule has 23 heavy (non-hydrogen) atoms. The average molecular weight is 314 g/mol. The Morgan fingerprint density at radius 3 is 3.22 bits per heavy atom. The van der Waals surface area contributed by atoms with Crippen molar-refractivity contribution in [2.24, 2.45) is 0 Å². The molecule has 2 aromatic rings. The fourth-order valence-corrected chi connectivity index (χ4v) is 3.23. The minimum atomic E-state index is -0.336. The van der Waals surface area contributed by atoms with Crippen molar-refractivity contribution in [1.82, 2.24) is 30.4 Å². The van der Waals surface area contributed by atoms with Crippen LogP contribution in [0.4, 0.5) is 0 Å². The molecule has 7 heteroatoms. The summed E-state index contributed by atoms with van der Waals surface area (Å²) in [6.45, 7) is 2.30. The molecule has 0 bridgehead atoms. The van der Waals surface area contributed by atoms with Gasteiger partial charge in [-0.15, -0.1) is 0 Å². The predicted octanol–water partition coefficient (Wildman–Crippen LogP) is 0.877. The van der Waals surface area contributed by atoms with Crippen LogP contribution in [-0.2, 0) is 17.8 Å². The number of hydrogen-bond acceptors (Lipinski definition) is 4. The molecule has 122 valence electrons. The normalized spacial score (nSPS) is 20.3. The van der Waals surface area contributed by atoms with Crippen molar-refractivity contribution in [2.45, 2.75) is 44.2 Å². The van der Waals surface area contributed by atoms with E-state index in [1.54, 1.807) is 6.33 Å². The highest BCUT2D eigenvalue weighted by Gasteiger charge is 2.28. The van der Waals surface area contributed by atoms with Gasteiger partial charge in [0.05, 0.1) is 12.0 Å². The van der Waals surface area contributed by atoms with Crippen LogP contribution in [0.25, 0.3) is 0 Å². The maximum atomic E-state index is 12.4. The summed E-state index contributed by atoms with van der Waals surface area (Å²) in [6.07, 6.45) is 7.87. The maximum absolute atomic E-state index is 12.4. The van der Waals surface area contributed by atoms with E-state index < -0.39 is 0 Å². The number of fused-ring (bicyclic) bond motifs is 1. The van der Waals surface area contributed by atoms with E-state index in [-0.39, 0.29) is 11.9 Å². The van der Waals surface area contributed by atoms with E-state index in [1.807, 2.05) is 6.20 Å². The number of amides is 1. The highest BCUT2D eigenvalue weighted by Crippen LogP contribution is 2.39. The second-order valence-corrected chi connectivity index (χ2v) is 6.30. The van der Waals surface area contributed by atoms with Gasteiger partial charge < -0.3 is 15.6 Å². The first-order chi connectivity index (χ1) is 11.3. The Bertz CT molecular complexity index is 686. The summed E-state index contributed by atoms with van der Waals surface area (Å²) in [7, 11) is 0. The van der Waals surface area contributed by atoms with Gasteiger partial charge in [-0.25, -0.2) is 4.98 Å². The third-order valence-corrected chi connectivity index (χ3v) is 4.60. The number of nitrogens with one attached hydrogen (secondary N) is 3. The largest absolute Gasteiger partial charge is 0.354 e. The number of imidazole rings is 1. The van der Waals surface area contributed by atoms with Crippen LogP contribution in [0.15, 0.2) is 18.6 Å². The number of H-pyrrole nitrogens is 1. The number of aryl methyl sites for hydroxylation is 1. The molecule has 0 aromatic carbocycles. The molecule has 2 aliphatic rings. The van der Waals surface area contributed by atoms with Crippen LogP contribution in [0.1, 0.15) is 48.3 Å². The minimum Gasteiger partial charge on any atom is -0.354 e. The number of aromatic nitrogens is 4. The first-order valence-electron chi connectivity index (χ1n) is 8.38. The van der Waals surface area contributed by atoms with Crippen LogP contribution in [0.3, 0.4) is 0 Å². The first-order valence-corrected chi connectivity index (χ1v) is 8.38. The molecule has 2 aromatic heterocycles. The van der Waals surface area contributed by atoms with Crippen molar-refractivity contribution >= 4 is 5.91 Å². The number of aromatic amines is 1. The van der Waals surface area contributed by atoms with Gasteiger partial charge in [0.25, 0.3) is 0 Å². The quantitative estimate of drug-likeness (QED) is 0.691. The zero-order valence-corrected chi connectivity index (χ0v) is 13.1. The van der Waals surface area contributed by atoms with Crippen molar-refractivity contribution in [3.05, 3.63) is 35.7 Å². The second-order valence-electron chi connectivity index (χ2n) is 6.30. The van der Waals surface area contributed by atoms with Crippen LogP contribution in [0.2, 0.25) is 0 Å². The van der Waals surface area contributed by atoms with E-state index >= 15 is 0 Å². The van der Waals surface area contributed by atoms with Crippen LogP contribution < -0.4 is 10.6 Å². The van der Waals surface area contributed by atoms with E-state index in [0.717, 1.165) is 37.3 Å². The lowest BCUT2D eigenvalue weighted by molar-refractivity contribution is -0.123. The average Bonchev–Trinajstić information content (AvgIpc) is 3.11.